The van der Waals surface area contributed by atoms with Crippen LogP contribution in [-0.2, 0) is 6.54 Å². The zero-order chi connectivity index (χ0) is 19.8. The summed E-state index contributed by atoms with van der Waals surface area (Å²) < 4.78 is 5.45. The summed E-state index contributed by atoms with van der Waals surface area (Å²) in [5, 5.41) is 7.33. The van der Waals surface area contributed by atoms with Gasteiger partial charge in [0.1, 0.15) is 5.58 Å². The van der Waals surface area contributed by atoms with Crippen molar-refractivity contribution in [3.63, 3.8) is 0 Å². The van der Waals surface area contributed by atoms with Crippen LogP contribution in [0.2, 0.25) is 0 Å². The molecule has 4 rings (SSSR count). The standard InChI is InChI=1S/C23H24N2O3/c1-13-5-9-19-17(11-21(26)28-22(19)15(13)3)12-24-20-10-16(6-4-14(20)2)23(27)25-18-7-8-18/h4-6,9-11,18,24H,7-8,12H2,1-3H3,(H,25,27). The van der Waals surface area contributed by atoms with Gasteiger partial charge in [-0.15, -0.1) is 0 Å². The van der Waals surface area contributed by atoms with E-state index >= 15 is 0 Å². The molecule has 5 nitrogen and oxygen atoms in total. The Bertz CT molecular complexity index is 1130. The van der Waals surface area contributed by atoms with E-state index in [0.717, 1.165) is 46.2 Å². The predicted octanol–water partition coefficient (Wildman–Crippen LogP) is 4.22. The molecule has 3 aromatic rings. The first-order valence-corrected chi connectivity index (χ1v) is 9.60. The molecule has 1 fully saturated rings. The third kappa shape index (κ3) is 3.65. The highest BCUT2D eigenvalue weighted by molar-refractivity contribution is 5.95. The van der Waals surface area contributed by atoms with Crippen molar-refractivity contribution in [2.24, 2.45) is 0 Å². The second-order valence-corrected chi connectivity index (χ2v) is 7.61. The second kappa shape index (κ2) is 7.15. The molecular formula is C23H24N2O3. The molecule has 0 atom stereocenters. The molecule has 0 bridgehead atoms. The van der Waals surface area contributed by atoms with Crippen LogP contribution in [0.1, 0.15) is 45.5 Å². The summed E-state index contributed by atoms with van der Waals surface area (Å²) >= 11 is 0. The lowest BCUT2D eigenvalue weighted by atomic mass is 10.0. The average molecular weight is 376 g/mol. The second-order valence-electron chi connectivity index (χ2n) is 7.61. The lowest BCUT2D eigenvalue weighted by molar-refractivity contribution is 0.0951. The van der Waals surface area contributed by atoms with Crippen LogP contribution in [0.3, 0.4) is 0 Å². The zero-order valence-electron chi connectivity index (χ0n) is 16.4. The lowest BCUT2D eigenvalue weighted by Crippen LogP contribution is -2.25. The van der Waals surface area contributed by atoms with E-state index in [1.54, 1.807) is 0 Å². The van der Waals surface area contributed by atoms with Crippen LogP contribution >= 0.6 is 0 Å². The normalized spacial score (nSPS) is 13.5. The minimum Gasteiger partial charge on any atom is -0.422 e. The highest BCUT2D eigenvalue weighted by atomic mass is 16.4. The van der Waals surface area contributed by atoms with Crippen molar-refractivity contribution in [3.05, 3.63) is 74.6 Å². The van der Waals surface area contributed by atoms with Gasteiger partial charge < -0.3 is 15.1 Å². The van der Waals surface area contributed by atoms with E-state index in [1.165, 1.54) is 6.07 Å². The predicted molar refractivity (Wildman–Crippen MR) is 111 cm³/mol. The van der Waals surface area contributed by atoms with Gasteiger partial charge in [-0.1, -0.05) is 18.2 Å². The maximum Gasteiger partial charge on any atom is 0.336 e. The molecule has 1 aliphatic carbocycles. The van der Waals surface area contributed by atoms with Crippen molar-refractivity contribution in [1.82, 2.24) is 5.32 Å². The molecule has 1 amide bonds. The Balaban J connectivity index is 1.62. The van der Waals surface area contributed by atoms with Crippen LogP contribution in [0.5, 0.6) is 0 Å². The van der Waals surface area contributed by atoms with E-state index in [9.17, 15) is 9.59 Å². The fourth-order valence-electron chi connectivity index (χ4n) is 3.31. The SMILES string of the molecule is Cc1ccc(C(=O)NC2CC2)cc1NCc1cc(=O)oc2c(C)c(C)ccc12. The maximum atomic E-state index is 12.3. The highest BCUT2D eigenvalue weighted by Gasteiger charge is 2.24. The molecule has 0 unspecified atom stereocenters. The number of anilines is 1. The molecule has 2 N–H and O–H groups in total. The fraction of sp³-hybridized carbons (Fsp3) is 0.304. The number of carbonyl (C=O) groups excluding carboxylic acids is 1. The minimum atomic E-state index is -0.354. The quantitative estimate of drug-likeness (QED) is 0.654. The third-order valence-corrected chi connectivity index (χ3v) is 5.40. The van der Waals surface area contributed by atoms with Gasteiger partial charge in [0.05, 0.1) is 0 Å². The van der Waals surface area contributed by atoms with E-state index in [0.29, 0.717) is 23.7 Å². The summed E-state index contributed by atoms with van der Waals surface area (Å²) in [5.41, 5.74) is 5.80. The Kier molecular flexibility index (Phi) is 4.67. The number of benzene rings is 2. The molecule has 1 aromatic heterocycles. The highest BCUT2D eigenvalue weighted by Crippen LogP contribution is 2.25. The van der Waals surface area contributed by atoms with Gasteiger partial charge in [0.15, 0.2) is 0 Å². The molecule has 0 aliphatic heterocycles. The van der Waals surface area contributed by atoms with Crippen molar-refractivity contribution in [2.45, 2.75) is 46.2 Å². The first-order valence-electron chi connectivity index (χ1n) is 9.60. The summed E-state index contributed by atoms with van der Waals surface area (Å²) in [6.45, 7) is 6.43. The summed E-state index contributed by atoms with van der Waals surface area (Å²) in [4.78, 5) is 24.4. The number of fused-ring (bicyclic) bond motifs is 1. The lowest BCUT2D eigenvalue weighted by Gasteiger charge is -2.13. The fourth-order valence-corrected chi connectivity index (χ4v) is 3.31. The van der Waals surface area contributed by atoms with Crippen molar-refractivity contribution < 1.29 is 9.21 Å². The van der Waals surface area contributed by atoms with Crippen molar-refractivity contribution in [2.75, 3.05) is 5.32 Å². The van der Waals surface area contributed by atoms with Crippen LogP contribution < -0.4 is 16.3 Å². The molecule has 1 saturated carbocycles. The molecule has 5 heteroatoms. The summed E-state index contributed by atoms with van der Waals surface area (Å²) in [6.07, 6.45) is 2.12. The molecular weight excluding hydrogens is 352 g/mol. The third-order valence-electron chi connectivity index (χ3n) is 5.40. The van der Waals surface area contributed by atoms with Crippen LogP contribution in [0.15, 0.2) is 45.6 Å². The van der Waals surface area contributed by atoms with Gasteiger partial charge in [-0.2, -0.15) is 0 Å². The Morgan fingerprint density at radius 2 is 1.82 bits per heavy atom. The topological polar surface area (TPSA) is 71.3 Å². The largest absolute Gasteiger partial charge is 0.422 e. The monoisotopic (exact) mass is 376 g/mol. The van der Waals surface area contributed by atoms with E-state index in [4.69, 9.17) is 4.42 Å². The van der Waals surface area contributed by atoms with Crippen molar-refractivity contribution >= 4 is 22.6 Å². The smallest absolute Gasteiger partial charge is 0.336 e. The number of hydrogen-bond donors (Lipinski definition) is 2. The van der Waals surface area contributed by atoms with Gasteiger partial charge >= 0.3 is 5.63 Å². The van der Waals surface area contributed by atoms with Crippen LogP contribution in [0.25, 0.3) is 11.0 Å². The number of aryl methyl sites for hydroxylation is 3. The Hall–Kier alpha value is -3.08. The Labute approximate surface area is 163 Å². The van der Waals surface area contributed by atoms with Crippen LogP contribution in [0.4, 0.5) is 5.69 Å². The molecule has 2 aromatic carbocycles. The summed E-state index contributed by atoms with van der Waals surface area (Å²) in [7, 11) is 0. The number of hydrogen-bond acceptors (Lipinski definition) is 4. The van der Waals surface area contributed by atoms with Gasteiger partial charge in [-0.25, -0.2) is 4.79 Å². The van der Waals surface area contributed by atoms with Gasteiger partial charge in [0.2, 0.25) is 0 Å². The number of nitrogens with one attached hydrogen (secondary N) is 2. The van der Waals surface area contributed by atoms with E-state index in [2.05, 4.69) is 10.6 Å². The van der Waals surface area contributed by atoms with Crippen LogP contribution in [-0.4, -0.2) is 11.9 Å². The van der Waals surface area contributed by atoms with E-state index in [-0.39, 0.29) is 11.5 Å². The molecule has 0 saturated heterocycles. The first-order chi connectivity index (χ1) is 13.4. The molecule has 144 valence electrons. The molecule has 0 radical (unpaired) electrons. The van der Waals surface area contributed by atoms with Gasteiger partial charge in [-0.05, 0) is 68.0 Å². The van der Waals surface area contributed by atoms with E-state index < -0.39 is 0 Å². The molecule has 0 spiro atoms. The maximum absolute atomic E-state index is 12.3. The average Bonchev–Trinajstić information content (AvgIpc) is 3.48. The van der Waals surface area contributed by atoms with Crippen molar-refractivity contribution in [1.29, 1.82) is 0 Å². The Morgan fingerprint density at radius 3 is 2.57 bits per heavy atom. The van der Waals surface area contributed by atoms with Gasteiger partial charge in [0, 0.05) is 35.3 Å². The minimum absolute atomic E-state index is 0.0394. The van der Waals surface area contributed by atoms with Crippen LogP contribution in [0, 0.1) is 20.8 Å². The van der Waals surface area contributed by atoms with E-state index in [1.807, 2.05) is 51.1 Å². The molecule has 1 aliphatic rings. The number of amides is 1. The first kappa shape index (κ1) is 18.3. The van der Waals surface area contributed by atoms with Gasteiger partial charge in [0.25, 0.3) is 5.91 Å². The Morgan fingerprint density at radius 1 is 1.07 bits per heavy atom. The van der Waals surface area contributed by atoms with Crippen molar-refractivity contribution in [3.8, 4) is 0 Å². The zero-order valence-corrected chi connectivity index (χ0v) is 16.4. The molecule has 28 heavy (non-hydrogen) atoms. The van der Waals surface area contributed by atoms with Gasteiger partial charge in [-0.3, -0.25) is 4.79 Å². The number of carbonyl (C=O) groups is 1. The number of rotatable bonds is 5. The summed E-state index contributed by atoms with van der Waals surface area (Å²) in [6, 6.07) is 11.5. The molecule has 1 heterocycles. The summed E-state index contributed by atoms with van der Waals surface area (Å²) in [5.74, 6) is -0.0394.